The molecule has 0 spiro atoms. The normalized spacial score (nSPS) is 14.0. The van der Waals surface area contributed by atoms with Crippen LogP contribution in [0.4, 0.5) is 39.0 Å². The lowest BCUT2D eigenvalue weighted by molar-refractivity contribution is -0.111. The fourth-order valence-electron chi connectivity index (χ4n) is 3.80. The van der Waals surface area contributed by atoms with Crippen molar-refractivity contribution in [3.63, 3.8) is 0 Å². The molecule has 188 valence electrons. The molecule has 1 N–H and O–H groups in total. The van der Waals surface area contributed by atoms with Crippen LogP contribution in [0.2, 0.25) is 10.0 Å². The smallest absolute Gasteiger partial charge is 0.248 e. The molecular weight excluding hydrogens is 524 g/mol. The fourth-order valence-corrected chi connectivity index (χ4v) is 4.27. The number of piperazine rings is 1. The maximum Gasteiger partial charge on any atom is 0.248 e. The Hall–Kier alpha value is -3.30. The molecule has 0 radical (unpaired) electrons. The Morgan fingerprint density at radius 1 is 0.778 bits per heavy atom. The van der Waals surface area contributed by atoms with Crippen LogP contribution in [0.5, 0.6) is 0 Å². The Balaban J connectivity index is 1.36. The molecule has 36 heavy (non-hydrogen) atoms. The number of halogens is 7. The average molecular weight is 542 g/mol. The van der Waals surface area contributed by atoms with Gasteiger partial charge in [-0.1, -0.05) is 29.3 Å². The number of amides is 1. The van der Waals surface area contributed by atoms with Gasteiger partial charge in [0, 0.05) is 53.7 Å². The van der Waals surface area contributed by atoms with Gasteiger partial charge in [-0.2, -0.15) is 0 Å². The van der Waals surface area contributed by atoms with Crippen LogP contribution in [-0.2, 0) is 4.79 Å². The molecule has 3 aromatic rings. The first kappa shape index (κ1) is 25.8. The van der Waals surface area contributed by atoms with E-state index in [1.165, 1.54) is 6.08 Å². The molecule has 0 bridgehead atoms. The predicted molar refractivity (Wildman–Crippen MR) is 131 cm³/mol. The third-order valence-electron chi connectivity index (χ3n) is 5.66. The number of benzene rings is 3. The first-order chi connectivity index (χ1) is 17.2. The third kappa shape index (κ3) is 5.42. The van der Waals surface area contributed by atoms with Crippen LogP contribution >= 0.6 is 23.2 Å². The second-order valence-electron chi connectivity index (χ2n) is 7.93. The first-order valence-corrected chi connectivity index (χ1v) is 11.5. The number of rotatable bonds is 5. The van der Waals surface area contributed by atoms with Gasteiger partial charge in [-0.15, -0.1) is 0 Å². The van der Waals surface area contributed by atoms with Gasteiger partial charge in [0.25, 0.3) is 0 Å². The van der Waals surface area contributed by atoms with Crippen LogP contribution in [0, 0.1) is 29.1 Å². The number of hydrogen-bond acceptors (Lipinski definition) is 3. The van der Waals surface area contributed by atoms with Gasteiger partial charge in [-0.25, -0.2) is 22.0 Å². The van der Waals surface area contributed by atoms with Crippen molar-refractivity contribution < 1.29 is 26.7 Å². The topological polar surface area (TPSA) is 35.6 Å². The molecule has 1 aliphatic heterocycles. The number of hydrogen-bond donors (Lipinski definition) is 1. The average Bonchev–Trinajstić information content (AvgIpc) is 2.87. The molecule has 0 unspecified atom stereocenters. The molecule has 1 heterocycles. The zero-order valence-electron chi connectivity index (χ0n) is 18.5. The van der Waals surface area contributed by atoms with Crippen molar-refractivity contribution in [2.24, 2.45) is 0 Å². The molecule has 4 rings (SSSR count). The van der Waals surface area contributed by atoms with E-state index in [9.17, 15) is 26.7 Å². The van der Waals surface area contributed by atoms with Crippen molar-refractivity contribution >= 4 is 52.2 Å². The minimum absolute atomic E-state index is 0.0505. The SMILES string of the molecule is O=C(C=Cc1ccc(Cl)cc1Cl)Nc1ccc(N2CCN(c3c(F)c(F)c(F)c(F)c3F)CC2)cc1. The van der Waals surface area contributed by atoms with Crippen LogP contribution in [0.3, 0.4) is 0 Å². The van der Waals surface area contributed by atoms with Crippen molar-refractivity contribution in [3.8, 4) is 0 Å². The largest absolute Gasteiger partial charge is 0.368 e. The summed E-state index contributed by atoms with van der Waals surface area (Å²) in [5, 5.41) is 3.62. The highest BCUT2D eigenvalue weighted by Gasteiger charge is 2.30. The Kier molecular flexibility index (Phi) is 7.70. The number of nitrogens with zero attached hydrogens (tertiary/aromatic N) is 2. The van der Waals surface area contributed by atoms with E-state index < -0.39 is 34.8 Å². The van der Waals surface area contributed by atoms with Gasteiger partial charge in [-0.3, -0.25) is 4.79 Å². The lowest BCUT2D eigenvalue weighted by Gasteiger charge is -2.37. The van der Waals surface area contributed by atoms with Crippen molar-refractivity contribution in [3.05, 3.63) is 93.2 Å². The molecule has 1 amide bonds. The van der Waals surface area contributed by atoms with Crippen molar-refractivity contribution in [2.75, 3.05) is 41.3 Å². The van der Waals surface area contributed by atoms with Gasteiger partial charge < -0.3 is 15.1 Å². The van der Waals surface area contributed by atoms with E-state index in [0.29, 0.717) is 21.3 Å². The van der Waals surface area contributed by atoms with E-state index in [1.807, 2.05) is 4.90 Å². The monoisotopic (exact) mass is 541 g/mol. The minimum atomic E-state index is -2.18. The summed E-state index contributed by atoms with van der Waals surface area (Å²) in [5.41, 5.74) is 1.03. The maximum absolute atomic E-state index is 14.1. The molecule has 11 heteroatoms. The molecule has 4 nitrogen and oxygen atoms in total. The first-order valence-electron chi connectivity index (χ1n) is 10.7. The predicted octanol–water partition coefficient (Wildman–Crippen LogP) is 6.67. The molecule has 0 aromatic heterocycles. The summed E-state index contributed by atoms with van der Waals surface area (Å²) in [7, 11) is 0. The molecular formula is C25H18Cl2F5N3O. The molecule has 3 aromatic carbocycles. The fraction of sp³-hybridized carbons (Fsp3) is 0.160. The van der Waals surface area contributed by atoms with Crippen LogP contribution in [0.1, 0.15) is 5.56 Å². The van der Waals surface area contributed by atoms with Crippen LogP contribution in [0.15, 0.2) is 48.5 Å². The van der Waals surface area contributed by atoms with Crippen molar-refractivity contribution in [2.45, 2.75) is 0 Å². The summed E-state index contributed by atoms with van der Waals surface area (Å²) in [6.07, 6.45) is 2.90. The highest BCUT2D eigenvalue weighted by molar-refractivity contribution is 6.35. The van der Waals surface area contributed by atoms with Gasteiger partial charge in [0.05, 0.1) is 0 Å². The quantitative estimate of drug-likeness (QED) is 0.169. The lowest BCUT2D eigenvalue weighted by Crippen LogP contribution is -2.47. The van der Waals surface area contributed by atoms with Gasteiger partial charge in [0.2, 0.25) is 11.7 Å². The van der Waals surface area contributed by atoms with Gasteiger partial charge >= 0.3 is 0 Å². The summed E-state index contributed by atoms with van der Waals surface area (Å²) in [5.74, 6) is -10.2. The molecule has 0 atom stereocenters. The molecule has 1 aliphatic rings. The highest BCUT2D eigenvalue weighted by Crippen LogP contribution is 2.31. The number of carbonyl (C=O) groups is 1. The van der Waals surface area contributed by atoms with E-state index in [0.717, 1.165) is 10.6 Å². The molecule has 1 saturated heterocycles. The third-order valence-corrected chi connectivity index (χ3v) is 6.22. The van der Waals surface area contributed by atoms with E-state index >= 15 is 0 Å². The summed E-state index contributed by atoms with van der Waals surface area (Å²) < 4.78 is 68.7. The number of anilines is 3. The molecule has 0 saturated carbocycles. The number of carbonyl (C=O) groups excluding carboxylic acids is 1. The Labute approximate surface area is 213 Å². The molecule has 1 fully saturated rings. The summed E-state index contributed by atoms with van der Waals surface area (Å²) in [6, 6.07) is 11.8. The highest BCUT2D eigenvalue weighted by atomic mass is 35.5. The van der Waals surface area contributed by atoms with E-state index in [4.69, 9.17) is 23.2 Å². The van der Waals surface area contributed by atoms with Crippen LogP contribution in [0.25, 0.3) is 6.08 Å². The standard InChI is InChI=1S/C25H18Cl2F5N3O/c26-15-3-1-14(18(27)13-15)2-8-19(36)33-16-4-6-17(7-5-16)34-9-11-35(12-10-34)25-23(31)21(29)20(28)22(30)24(25)32/h1-8,13H,9-12H2,(H,33,36). The van der Waals surface area contributed by atoms with Crippen LogP contribution in [-0.4, -0.2) is 32.1 Å². The summed E-state index contributed by atoms with van der Waals surface area (Å²) in [4.78, 5) is 15.3. The Bertz CT molecular complexity index is 1300. The second-order valence-corrected chi connectivity index (χ2v) is 8.77. The summed E-state index contributed by atoms with van der Waals surface area (Å²) >= 11 is 11.9. The van der Waals surface area contributed by atoms with Crippen LogP contribution < -0.4 is 15.1 Å². The Morgan fingerprint density at radius 3 is 1.92 bits per heavy atom. The maximum atomic E-state index is 14.1. The van der Waals surface area contributed by atoms with E-state index in [1.54, 1.807) is 48.5 Å². The van der Waals surface area contributed by atoms with E-state index in [-0.39, 0.29) is 32.1 Å². The number of nitrogens with one attached hydrogen (secondary N) is 1. The lowest BCUT2D eigenvalue weighted by atomic mass is 10.2. The second kappa shape index (κ2) is 10.8. The molecule has 0 aliphatic carbocycles. The van der Waals surface area contributed by atoms with Gasteiger partial charge in [0.1, 0.15) is 5.69 Å². The zero-order chi connectivity index (χ0) is 26.0. The Morgan fingerprint density at radius 2 is 1.33 bits per heavy atom. The van der Waals surface area contributed by atoms with Gasteiger partial charge in [0.15, 0.2) is 23.3 Å². The zero-order valence-corrected chi connectivity index (χ0v) is 20.0. The summed E-state index contributed by atoms with van der Waals surface area (Å²) in [6.45, 7) is 0.676. The minimum Gasteiger partial charge on any atom is -0.368 e. The van der Waals surface area contributed by atoms with E-state index in [2.05, 4.69) is 5.32 Å². The van der Waals surface area contributed by atoms with Crippen molar-refractivity contribution in [1.82, 2.24) is 0 Å². The van der Waals surface area contributed by atoms with Crippen molar-refractivity contribution in [1.29, 1.82) is 0 Å². The van der Waals surface area contributed by atoms with Gasteiger partial charge in [-0.05, 0) is 48.0 Å².